The number of nitrogens with two attached hydrogens (primary N) is 2. The number of benzene rings is 2. The Morgan fingerprint density at radius 2 is 1.69 bits per heavy atom. The van der Waals surface area contributed by atoms with Crippen LogP contribution in [-0.4, -0.2) is 80.3 Å². The van der Waals surface area contributed by atoms with E-state index in [0.29, 0.717) is 36.0 Å². The second-order valence-corrected chi connectivity index (χ2v) is 10.5. The third kappa shape index (κ3) is 7.20. The first kappa shape index (κ1) is 30.2. The van der Waals surface area contributed by atoms with Crippen molar-refractivity contribution in [1.82, 2.24) is 15.5 Å². The predicted molar refractivity (Wildman–Crippen MR) is 154 cm³/mol. The highest BCUT2D eigenvalue weighted by Gasteiger charge is 2.34. The van der Waals surface area contributed by atoms with Crippen LogP contribution in [0.4, 0.5) is 5.69 Å². The van der Waals surface area contributed by atoms with Crippen LogP contribution in [0.15, 0.2) is 30.3 Å². The van der Waals surface area contributed by atoms with Crippen molar-refractivity contribution in [3.63, 3.8) is 0 Å². The molecule has 6 N–H and O–H groups in total. The number of hydrogen-bond donors (Lipinski definition) is 4. The largest absolute Gasteiger partial charge is 0.377 e. The van der Waals surface area contributed by atoms with Crippen molar-refractivity contribution in [3.05, 3.63) is 41.5 Å². The average Bonchev–Trinajstić information content (AvgIpc) is 2.91. The van der Waals surface area contributed by atoms with Gasteiger partial charge in [0, 0.05) is 60.8 Å². The smallest absolute Gasteiger partial charge is 0.261 e. The maximum Gasteiger partial charge on any atom is 0.261 e. The molecule has 3 amide bonds. The zero-order chi connectivity index (χ0) is 28.7. The second-order valence-electron chi connectivity index (χ2n) is 10.5. The van der Waals surface area contributed by atoms with E-state index in [4.69, 9.17) is 11.5 Å². The lowest BCUT2D eigenvalue weighted by Gasteiger charge is -2.29. The molecule has 0 spiro atoms. The molecule has 3 atom stereocenters. The van der Waals surface area contributed by atoms with Crippen molar-refractivity contribution in [3.8, 4) is 0 Å². The third-order valence-electron chi connectivity index (χ3n) is 7.20. The van der Waals surface area contributed by atoms with E-state index < -0.39 is 29.8 Å². The molecule has 0 aliphatic carbocycles. The van der Waals surface area contributed by atoms with Crippen LogP contribution in [0, 0.1) is 0 Å². The minimum atomic E-state index is -0.868. The van der Waals surface area contributed by atoms with Crippen molar-refractivity contribution in [2.24, 2.45) is 11.5 Å². The minimum absolute atomic E-state index is 0.0140. The monoisotopic (exact) mass is 538 g/mol. The third-order valence-corrected chi connectivity index (χ3v) is 7.20. The molecular formula is C29H42N6O4. The standard InChI is InChI=1S/C29H42N6O4/c1-5-6-8-19(30)17-32-15-13-23(31)27(37)33-24(18(2)36)14-16-35-28(38)21-10-7-9-20-25(34(3)4)12-11-22(26(20)21)29(35)39/h7,9-12,19,23-24,32H,5-6,8,13-17,30-31H2,1-4H3,(H,33,37)/t19-,23-,24+/m0/s1. The van der Waals surface area contributed by atoms with Gasteiger partial charge in [-0.15, -0.1) is 0 Å². The molecule has 10 heteroatoms. The molecule has 3 rings (SSSR count). The Morgan fingerprint density at radius 3 is 2.33 bits per heavy atom. The van der Waals surface area contributed by atoms with Gasteiger partial charge in [0.25, 0.3) is 11.8 Å². The fraction of sp³-hybridized carbons (Fsp3) is 0.517. The van der Waals surface area contributed by atoms with Crippen LogP contribution in [0.25, 0.3) is 10.8 Å². The number of carbonyl (C=O) groups is 4. The van der Waals surface area contributed by atoms with E-state index in [0.717, 1.165) is 35.2 Å². The first-order valence-electron chi connectivity index (χ1n) is 13.7. The Kier molecular flexibility index (Phi) is 10.6. The van der Waals surface area contributed by atoms with Gasteiger partial charge in [0.2, 0.25) is 5.91 Å². The molecule has 0 unspecified atom stereocenters. The molecule has 1 heterocycles. The fourth-order valence-electron chi connectivity index (χ4n) is 4.88. The summed E-state index contributed by atoms with van der Waals surface area (Å²) in [5.41, 5.74) is 13.9. The normalized spacial score (nSPS) is 15.3. The van der Waals surface area contributed by atoms with E-state index in [2.05, 4.69) is 17.6 Å². The van der Waals surface area contributed by atoms with Crippen LogP contribution in [0.1, 0.15) is 66.7 Å². The first-order valence-corrected chi connectivity index (χ1v) is 13.7. The highest BCUT2D eigenvalue weighted by atomic mass is 16.2. The first-order chi connectivity index (χ1) is 18.6. The summed E-state index contributed by atoms with van der Waals surface area (Å²) in [6.07, 6.45) is 3.59. The van der Waals surface area contributed by atoms with Gasteiger partial charge in [-0.05, 0) is 50.9 Å². The van der Waals surface area contributed by atoms with E-state index in [-0.39, 0.29) is 24.8 Å². The lowest BCUT2D eigenvalue weighted by molar-refractivity contribution is -0.127. The van der Waals surface area contributed by atoms with Gasteiger partial charge < -0.3 is 27.0 Å². The van der Waals surface area contributed by atoms with Crippen molar-refractivity contribution >= 4 is 40.0 Å². The SMILES string of the molecule is CCCC[C@H](N)CNCC[C@H](N)C(=O)N[C@H](CCN1C(=O)c2cccc3c(N(C)C)ccc(c23)C1=O)C(C)=O. The van der Waals surface area contributed by atoms with Gasteiger partial charge in [-0.1, -0.05) is 31.9 Å². The van der Waals surface area contributed by atoms with Crippen molar-refractivity contribution in [2.45, 2.75) is 64.1 Å². The summed E-state index contributed by atoms with van der Waals surface area (Å²) in [6, 6.07) is 7.39. The summed E-state index contributed by atoms with van der Waals surface area (Å²) < 4.78 is 0. The van der Waals surface area contributed by atoms with Crippen LogP contribution in [0.5, 0.6) is 0 Å². The maximum absolute atomic E-state index is 13.3. The summed E-state index contributed by atoms with van der Waals surface area (Å²) in [4.78, 5) is 54.8. The lowest BCUT2D eigenvalue weighted by atomic mass is 9.92. The summed E-state index contributed by atoms with van der Waals surface area (Å²) >= 11 is 0. The summed E-state index contributed by atoms with van der Waals surface area (Å²) in [5.74, 6) is -1.55. The number of rotatable bonds is 15. The Morgan fingerprint density at radius 1 is 1.00 bits per heavy atom. The van der Waals surface area contributed by atoms with E-state index in [9.17, 15) is 19.2 Å². The van der Waals surface area contributed by atoms with Gasteiger partial charge in [0.15, 0.2) is 5.78 Å². The van der Waals surface area contributed by atoms with Gasteiger partial charge in [-0.2, -0.15) is 0 Å². The molecule has 0 radical (unpaired) electrons. The highest BCUT2D eigenvalue weighted by molar-refractivity contribution is 6.26. The molecule has 212 valence electrons. The van der Waals surface area contributed by atoms with E-state index in [1.165, 1.54) is 6.92 Å². The molecular weight excluding hydrogens is 496 g/mol. The van der Waals surface area contributed by atoms with Crippen molar-refractivity contribution < 1.29 is 19.2 Å². The number of hydrogen-bond acceptors (Lipinski definition) is 8. The lowest BCUT2D eigenvalue weighted by Crippen LogP contribution is -2.50. The number of ketones is 1. The van der Waals surface area contributed by atoms with Crippen LogP contribution >= 0.6 is 0 Å². The number of imide groups is 1. The van der Waals surface area contributed by atoms with Crippen LogP contribution in [0.2, 0.25) is 0 Å². The zero-order valence-electron chi connectivity index (χ0n) is 23.5. The molecule has 0 fully saturated rings. The fourth-order valence-corrected chi connectivity index (χ4v) is 4.88. The molecule has 0 aromatic heterocycles. The van der Waals surface area contributed by atoms with E-state index >= 15 is 0 Å². The number of nitrogens with one attached hydrogen (secondary N) is 2. The van der Waals surface area contributed by atoms with Crippen LogP contribution in [0.3, 0.4) is 0 Å². The Labute approximate surface area is 230 Å². The van der Waals surface area contributed by atoms with Gasteiger partial charge in [0.05, 0.1) is 12.1 Å². The molecule has 0 saturated carbocycles. The predicted octanol–water partition coefficient (Wildman–Crippen LogP) is 1.79. The quantitative estimate of drug-likeness (QED) is 0.198. The van der Waals surface area contributed by atoms with Crippen LogP contribution in [-0.2, 0) is 9.59 Å². The van der Waals surface area contributed by atoms with Gasteiger partial charge in [0.1, 0.15) is 0 Å². The number of nitrogens with zero attached hydrogens (tertiary/aromatic N) is 2. The van der Waals surface area contributed by atoms with Crippen LogP contribution < -0.4 is 27.0 Å². The Hall–Kier alpha value is -3.34. The summed E-state index contributed by atoms with van der Waals surface area (Å²) in [5, 5.41) is 7.39. The Bertz CT molecular complexity index is 1190. The molecule has 2 aromatic carbocycles. The molecule has 0 bridgehead atoms. The molecule has 10 nitrogen and oxygen atoms in total. The molecule has 2 aromatic rings. The Balaban J connectivity index is 1.61. The molecule has 1 aliphatic heterocycles. The zero-order valence-corrected chi connectivity index (χ0v) is 23.5. The number of anilines is 1. The van der Waals surface area contributed by atoms with E-state index in [1.807, 2.05) is 31.1 Å². The van der Waals surface area contributed by atoms with Crippen molar-refractivity contribution in [2.75, 3.05) is 38.6 Å². The van der Waals surface area contributed by atoms with Gasteiger partial charge >= 0.3 is 0 Å². The molecule has 0 saturated heterocycles. The summed E-state index contributed by atoms with van der Waals surface area (Å²) in [7, 11) is 3.82. The van der Waals surface area contributed by atoms with Gasteiger partial charge in [-0.25, -0.2) is 0 Å². The average molecular weight is 539 g/mol. The summed E-state index contributed by atoms with van der Waals surface area (Å²) in [6.45, 7) is 4.65. The topological polar surface area (TPSA) is 151 Å². The number of carbonyl (C=O) groups excluding carboxylic acids is 4. The minimum Gasteiger partial charge on any atom is -0.377 e. The van der Waals surface area contributed by atoms with Gasteiger partial charge in [-0.3, -0.25) is 24.1 Å². The molecule has 39 heavy (non-hydrogen) atoms. The number of Topliss-reactive ketones (excluding diaryl/α,β-unsaturated/α-hetero) is 1. The van der Waals surface area contributed by atoms with E-state index in [1.54, 1.807) is 18.2 Å². The highest BCUT2D eigenvalue weighted by Crippen LogP contribution is 2.35. The second kappa shape index (κ2) is 13.6. The maximum atomic E-state index is 13.3. The number of unbranched alkanes of at least 4 members (excludes halogenated alkanes) is 1. The number of amides is 3. The van der Waals surface area contributed by atoms with Crippen molar-refractivity contribution in [1.29, 1.82) is 0 Å². The molecule has 1 aliphatic rings.